The van der Waals surface area contributed by atoms with Gasteiger partial charge in [-0.1, -0.05) is 18.2 Å². The normalized spacial score (nSPS) is 12.5. The molecule has 0 aliphatic carbocycles. The topological polar surface area (TPSA) is 109 Å². The van der Waals surface area contributed by atoms with Crippen molar-refractivity contribution in [3.8, 4) is 0 Å². The van der Waals surface area contributed by atoms with Crippen LogP contribution in [-0.2, 0) is 9.84 Å². The van der Waals surface area contributed by atoms with Gasteiger partial charge >= 0.3 is 0 Å². The maximum absolute atomic E-state index is 13.0. The number of hydrogen-bond donors (Lipinski definition) is 2. The predicted molar refractivity (Wildman–Crippen MR) is 94.5 cm³/mol. The minimum absolute atomic E-state index is 0.139. The Morgan fingerprint density at radius 1 is 1.08 bits per heavy atom. The second kappa shape index (κ2) is 7.40. The third kappa shape index (κ3) is 3.75. The molecule has 1 aromatic carbocycles. The molecule has 1 atom stereocenters. The van der Waals surface area contributed by atoms with Crippen LogP contribution in [0.3, 0.4) is 0 Å². The Morgan fingerprint density at radius 2 is 1.85 bits per heavy atom. The lowest BCUT2D eigenvalue weighted by atomic mass is 10.2. The quantitative estimate of drug-likeness (QED) is 0.687. The summed E-state index contributed by atoms with van der Waals surface area (Å²) >= 11 is 0. The Morgan fingerprint density at radius 3 is 2.46 bits per heavy atom. The van der Waals surface area contributed by atoms with Crippen LogP contribution in [0.25, 0.3) is 0 Å². The number of amides is 1. The zero-order chi connectivity index (χ0) is 18.6. The number of aromatic nitrogens is 1. The lowest BCUT2D eigenvalue weighted by Crippen LogP contribution is -2.32. The maximum atomic E-state index is 13.0. The molecule has 1 amide bonds. The van der Waals surface area contributed by atoms with Crippen molar-refractivity contribution in [2.24, 2.45) is 0 Å². The van der Waals surface area contributed by atoms with Crippen molar-refractivity contribution in [1.29, 1.82) is 0 Å². The van der Waals surface area contributed by atoms with E-state index in [9.17, 15) is 18.0 Å². The monoisotopic (exact) mass is 372 g/mol. The third-order valence-corrected chi connectivity index (χ3v) is 5.88. The Balaban J connectivity index is 1.85. The van der Waals surface area contributed by atoms with E-state index in [1.807, 2.05) is 0 Å². The summed E-state index contributed by atoms with van der Waals surface area (Å²) in [6, 6.07) is 13.7. The van der Waals surface area contributed by atoms with E-state index in [-0.39, 0.29) is 28.3 Å². The van der Waals surface area contributed by atoms with Gasteiger partial charge in [-0.15, -0.1) is 0 Å². The molecule has 3 rings (SSSR count). The first-order chi connectivity index (χ1) is 12.5. The number of hydrogen-bond acceptors (Lipinski definition) is 5. The number of furan rings is 1. The summed E-state index contributed by atoms with van der Waals surface area (Å²) in [5.74, 6) is -0.267. The van der Waals surface area contributed by atoms with Crippen LogP contribution in [0.2, 0.25) is 0 Å². The van der Waals surface area contributed by atoms with Gasteiger partial charge in [0.15, 0.2) is 9.84 Å². The standard InChI is InChI=1S/C18H16N2O5S/c21-17-9-8-13(11-19-17)18(22)20-12-16(15-7-4-10-25-15)26(23,24)14-5-2-1-3-6-14/h1-11,16H,12H2,(H,19,21)(H,20,22). The van der Waals surface area contributed by atoms with Crippen molar-refractivity contribution >= 4 is 15.7 Å². The third-order valence-electron chi connectivity index (χ3n) is 3.80. The SMILES string of the molecule is O=C(NCC(c1ccco1)S(=O)(=O)c1ccccc1)c1ccc(=O)[nH]c1. The lowest BCUT2D eigenvalue weighted by molar-refractivity contribution is 0.0953. The minimum Gasteiger partial charge on any atom is -0.468 e. The van der Waals surface area contributed by atoms with E-state index in [4.69, 9.17) is 4.42 Å². The van der Waals surface area contributed by atoms with E-state index in [0.29, 0.717) is 0 Å². The Hall–Kier alpha value is -3.13. The molecule has 0 saturated carbocycles. The molecule has 0 saturated heterocycles. The molecular formula is C18H16N2O5S. The lowest BCUT2D eigenvalue weighted by Gasteiger charge is -2.16. The smallest absolute Gasteiger partial charge is 0.252 e. The number of nitrogens with one attached hydrogen (secondary N) is 2. The highest BCUT2D eigenvalue weighted by molar-refractivity contribution is 7.91. The average molecular weight is 372 g/mol. The highest BCUT2D eigenvalue weighted by atomic mass is 32.2. The fraction of sp³-hybridized carbons (Fsp3) is 0.111. The first kappa shape index (κ1) is 17.7. The van der Waals surface area contributed by atoms with Gasteiger partial charge in [-0.05, 0) is 30.3 Å². The van der Waals surface area contributed by atoms with Crippen LogP contribution in [0, 0.1) is 0 Å². The minimum atomic E-state index is -3.77. The van der Waals surface area contributed by atoms with Crippen LogP contribution in [0.4, 0.5) is 0 Å². The molecule has 3 aromatic rings. The molecule has 0 fully saturated rings. The van der Waals surface area contributed by atoms with E-state index in [1.54, 1.807) is 30.3 Å². The predicted octanol–water partition coefficient (Wildman–Crippen LogP) is 1.91. The van der Waals surface area contributed by atoms with Crippen LogP contribution in [-0.4, -0.2) is 25.9 Å². The summed E-state index contributed by atoms with van der Waals surface area (Å²) in [6.07, 6.45) is 2.65. The van der Waals surface area contributed by atoms with E-state index in [1.165, 1.54) is 36.7 Å². The Bertz CT molecular complexity index is 1020. The second-order valence-electron chi connectivity index (χ2n) is 5.51. The van der Waals surface area contributed by atoms with Crippen LogP contribution < -0.4 is 10.9 Å². The first-order valence-corrected chi connectivity index (χ1v) is 9.32. The summed E-state index contributed by atoms with van der Waals surface area (Å²) in [4.78, 5) is 25.8. The fourth-order valence-corrected chi connectivity index (χ4v) is 4.06. The molecule has 2 aromatic heterocycles. The molecule has 8 heteroatoms. The summed E-state index contributed by atoms with van der Waals surface area (Å²) in [5, 5.41) is 1.51. The molecule has 0 radical (unpaired) electrons. The maximum Gasteiger partial charge on any atom is 0.252 e. The first-order valence-electron chi connectivity index (χ1n) is 7.78. The van der Waals surface area contributed by atoms with Gasteiger partial charge in [-0.2, -0.15) is 0 Å². The molecule has 0 spiro atoms. The number of carbonyl (C=O) groups is 1. The Kier molecular flexibility index (Phi) is 5.04. The van der Waals surface area contributed by atoms with E-state index < -0.39 is 21.0 Å². The number of aromatic amines is 1. The molecule has 134 valence electrons. The molecule has 7 nitrogen and oxygen atoms in total. The van der Waals surface area contributed by atoms with E-state index >= 15 is 0 Å². The van der Waals surface area contributed by atoms with E-state index in [0.717, 1.165) is 0 Å². The van der Waals surface area contributed by atoms with Gasteiger partial charge in [0, 0.05) is 18.8 Å². The highest BCUT2D eigenvalue weighted by Crippen LogP contribution is 2.28. The number of H-pyrrole nitrogens is 1. The number of pyridine rings is 1. The number of benzene rings is 1. The van der Waals surface area contributed by atoms with Gasteiger partial charge in [0.25, 0.3) is 5.91 Å². The van der Waals surface area contributed by atoms with Crippen molar-refractivity contribution in [2.75, 3.05) is 6.54 Å². The number of sulfone groups is 1. The summed E-state index contributed by atoms with van der Waals surface area (Å²) in [5.41, 5.74) is -0.110. The van der Waals surface area contributed by atoms with Crippen molar-refractivity contribution in [1.82, 2.24) is 10.3 Å². The number of carbonyl (C=O) groups excluding carboxylic acids is 1. The Labute approximate surface area is 149 Å². The van der Waals surface area contributed by atoms with Gasteiger partial charge in [-0.3, -0.25) is 9.59 Å². The van der Waals surface area contributed by atoms with Crippen molar-refractivity contribution in [3.63, 3.8) is 0 Å². The van der Waals surface area contributed by atoms with E-state index in [2.05, 4.69) is 10.3 Å². The molecule has 2 heterocycles. The molecule has 1 unspecified atom stereocenters. The van der Waals surface area contributed by atoms with Crippen molar-refractivity contribution in [2.45, 2.75) is 10.1 Å². The zero-order valence-electron chi connectivity index (χ0n) is 13.6. The summed E-state index contributed by atoms with van der Waals surface area (Å²) in [7, 11) is -3.77. The molecule has 0 bridgehead atoms. The molecule has 26 heavy (non-hydrogen) atoms. The molecule has 0 aliphatic heterocycles. The van der Waals surface area contributed by atoms with Crippen LogP contribution >= 0.6 is 0 Å². The second-order valence-corrected chi connectivity index (χ2v) is 7.64. The van der Waals surface area contributed by atoms with Gasteiger partial charge in [0.1, 0.15) is 11.0 Å². The van der Waals surface area contributed by atoms with Gasteiger partial charge in [-0.25, -0.2) is 8.42 Å². The van der Waals surface area contributed by atoms with Gasteiger partial charge in [0.2, 0.25) is 5.56 Å². The molecular weight excluding hydrogens is 356 g/mol. The summed E-state index contributed by atoms with van der Waals surface area (Å²) in [6.45, 7) is -0.178. The van der Waals surface area contributed by atoms with Crippen molar-refractivity contribution < 1.29 is 17.6 Å². The summed E-state index contributed by atoms with van der Waals surface area (Å²) < 4.78 is 31.2. The number of rotatable bonds is 6. The van der Waals surface area contributed by atoms with Crippen molar-refractivity contribution in [3.05, 3.63) is 88.7 Å². The van der Waals surface area contributed by atoms with Crippen LogP contribution in [0.1, 0.15) is 21.4 Å². The highest BCUT2D eigenvalue weighted by Gasteiger charge is 2.31. The van der Waals surface area contributed by atoms with Crippen LogP contribution in [0.15, 0.2) is 81.2 Å². The van der Waals surface area contributed by atoms with Gasteiger partial charge in [0.05, 0.1) is 16.7 Å². The van der Waals surface area contributed by atoms with Gasteiger partial charge < -0.3 is 14.7 Å². The average Bonchev–Trinajstić information content (AvgIpc) is 3.17. The fourth-order valence-electron chi connectivity index (χ4n) is 2.45. The molecule has 2 N–H and O–H groups in total. The largest absolute Gasteiger partial charge is 0.468 e. The zero-order valence-corrected chi connectivity index (χ0v) is 14.4. The van der Waals surface area contributed by atoms with Crippen LogP contribution in [0.5, 0.6) is 0 Å². The molecule has 0 aliphatic rings.